The van der Waals surface area contributed by atoms with Crippen molar-refractivity contribution >= 4 is 62.6 Å². The molecule has 1 heterocycles. The maximum Gasteiger partial charge on any atom is 0.471 e. The standard InChI is InChI=1S/C29H27BrClF5N4O5/c1-28(2,3)45-27(43)40(11-5-6-15-12-16(32)7-8-21(15)38-26(42)29(34,35)36)24-22(9-10-23(39-24)44-4)37-25(41)17-13-19(31)20(33)14-18(17)30/h7-10,12-14H,5-6,11H2,1-4H3,(H,37,41)(H,38,42). The van der Waals surface area contributed by atoms with E-state index in [2.05, 4.69) is 26.2 Å². The fraction of sp³-hybridized carbons (Fsp3) is 0.310. The number of hydrogen-bond acceptors (Lipinski definition) is 6. The van der Waals surface area contributed by atoms with Crippen LogP contribution in [0, 0.1) is 11.6 Å². The van der Waals surface area contributed by atoms with Crippen LogP contribution in [0.3, 0.4) is 0 Å². The Morgan fingerprint density at radius 3 is 2.29 bits per heavy atom. The molecule has 3 amide bonds. The third-order valence-electron chi connectivity index (χ3n) is 5.83. The average Bonchev–Trinajstić information content (AvgIpc) is 2.93. The van der Waals surface area contributed by atoms with Gasteiger partial charge in [-0.15, -0.1) is 0 Å². The Morgan fingerprint density at radius 1 is 1.00 bits per heavy atom. The first-order valence-electron chi connectivity index (χ1n) is 13.1. The summed E-state index contributed by atoms with van der Waals surface area (Å²) in [5.41, 5.74) is -1.25. The molecular weight excluding hydrogens is 695 g/mol. The first-order valence-corrected chi connectivity index (χ1v) is 14.2. The fourth-order valence-electron chi connectivity index (χ4n) is 3.85. The van der Waals surface area contributed by atoms with Crippen molar-refractivity contribution < 1.29 is 45.8 Å². The molecule has 3 aromatic rings. The van der Waals surface area contributed by atoms with E-state index < -0.39 is 41.3 Å². The van der Waals surface area contributed by atoms with E-state index in [0.717, 1.165) is 35.2 Å². The number of nitrogens with zero attached hydrogens (tertiary/aromatic N) is 2. The van der Waals surface area contributed by atoms with E-state index in [9.17, 15) is 36.3 Å². The third kappa shape index (κ3) is 9.75. The van der Waals surface area contributed by atoms with Gasteiger partial charge in [-0.3, -0.25) is 14.5 Å². The number of alkyl halides is 3. The topological polar surface area (TPSA) is 110 Å². The molecule has 0 aliphatic heterocycles. The van der Waals surface area contributed by atoms with Gasteiger partial charge in [-0.2, -0.15) is 18.2 Å². The lowest BCUT2D eigenvalue weighted by Gasteiger charge is -2.28. The van der Waals surface area contributed by atoms with Gasteiger partial charge in [0, 0.05) is 22.8 Å². The highest BCUT2D eigenvalue weighted by Gasteiger charge is 2.39. The quantitative estimate of drug-likeness (QED) is 0.172. The van der Waals surface area contributed by atoms with E-state index in [1.54, 1.807) is 26.1 Å². The smallest absolute Gasteiger partial charge is 0.471 e. The molecule has 0 saturated heterocycles. The van der Waals surface area contributed by atoms with E-state index in [1.165, 1.54) is 19.2 Å². The van der Waals surface area contributed by atoms with E-state index in [4.69, 9.17) is 21.1 Å². The lowest BCUT2D eigenvalue weighted by atomic mass is 10.1. The summed E-state index contributed by atoms with van der Waals surface area (Å²) in [7, 11) is 1.32. The van der Waals surface area contributed by atoms with Crippen molar-refractivity contribution in [1.82, 2.24) is 4.98 Å². The number of amides is 3. The summed E-state index contributed by atoms with van der Waals surface area (Å²) in [6.45, 7) is 4.64. The molecule has 0 fully saturated rings. The Hall–Kier alpha value is -3.98. The van der Waals surface area contributed by atoms with E-state index in [-0.39, 0.29) is 63.1 Å². The van der Waals surface area contributed by atoms with Gasteiger partial charge in [-0.1, -0.05) is 11.6 Å². The summed E-state index contributed by atoms with van der Waals surface area (Å²) in [6, 6.07) is 7.77. The maximum atomic E-state index is 14.0. The predicted molar refractivity (Wildman–Crippen MR) is 161 cm³/mol. The Kier molecular flexibility index (Phi) is 11.4. The van der Waals surface area contributed by atoms with Crippen LogP contribution in [-0.2, 0) is 16.0 Å². The molecule has 0 saturated carbocycles. The van der Waals surface area contributed by atoms with Crippen molar-refractivity contribution in [3.05, 3.63) is 74.7 Å². The summed E-state index contributed by atoms with van der Waals surface area (Å²) < 4.78 is 77.3. The molecule has 45 heavy (non-hydrogen) atoms. The molecule has 9 nitrogen and oxygen atoms in total. The van der Waals surface area contributed by atoms with Crippen molar-refractivity contribution in [3.63, 3.8) is 0 Å². The number of aryl methyl sites for hydroxylation is 1. The van der Waals surface area contributed by atoms with Crippen molar-refractivity contribution in [2.75, 3.05) is 29.2 Å². The molecule has 1 aromatic heterocycles. The van der Waals surface area contributed by atoms with Crippen molar-refractivity contribution in [2.24, 2.45) is 0 Å². The number of ether oxygens (including phenoxy) is 2. The molecule has 2 N–H and O–H groups in total. The minimum absolute atomic E-state index is 0.00268. The highest BCUT2D eigenvalue weighted by molar-refractivity contribution is 9.10. The number of hydrogen-bond donors (Lipinski definition) is 2. The normalized spacial score (nSPS) is 11.5. The van der Waals surface area contributed by atoms with Gasteiger partial charge in [0.25, 0.3) is 5.91 Å². The van der Waals surface area contributed by atoms with Crippen LogP contribution in [0.5, 0.6) is 5.88 Å². The highest BCUT2D eigenvalue weighted by atomic mass is 79.9. The SMILES string of the molecule is COc1ccc(NC(=O)c2cc(Cl)c(F)cc2Br)c(N(CCCc2cc(F)ccc2NC(=O)C(F)(F)F)C(=O)OC(C)(C)C)n1. The number of pyridine rings is 1. The average molecular weight is 722 g/mol. The van der Waals surface area contributed by atoms with Gasteiger partial charge in [0.05, 0.1) is 23.4 Å². The van der Waals surface area contributed by atoms with Crippen LogP contribution in [-0.4, -0.2) is 48.3 Å². The van der Waals surface area contributed by atoms with Crippen molar-refractivity contribution in [3.8, 4) is 5.88 Å². The molecule has 16 heteroatoms. The van der Waals surface area contributed by atoms with Gasteiger partial charge < -0.3 is 20.1 Å². The number of aromatic nitrogens is 1. The van der Waals surface area contributed by atoms with Gasteiger partial charge in [0.2, 0.25) is 5.88 Å². The molecule has 0 spiro atoms. The largest absolute Gasteiger partial charge is 0.481 e. The number of rotatable bonds is 9. The summed E-state index contributed by atoms with van der Waals surface area (Å²) in [4.78, 5) is 43.5. The highest BCUT2D eigenvalue weighted by Crippen LogP contribution is 2.31. The van der Waals surface area contributed by atoms with Crippen molar-refractivity contribution in [1.29, 1.82) is 0 Å². The number of halogens is 7. The second-order valence-electron chi connectivity index (χ2n) is 10.4. The van der Waals surface area contributed by atoms with E-state index in [0.29, 0.717) is 0 Å². The number of nitrogens with one attached hydrogen (secondary N) is 2. The second kappa shape index (κ2) is 14.4. The number of methoxy groups -OCH3 is 1. The molecular formula is C29H27BrClF5N4O5. The maximum absolute atomic E-state index is 14.0. The minimum Gasteiger partial charge on any atom is -0.481 e. The Balaban J connectivity index is 1.97. The Bertz CT molecular complexity index is 1600. The summed E-state index contributed by atoms with van der Waals surface area (Å²) in [5, 5.41) is 4.02. The summed E-state index contributed by atoms with van der Waals surface area (Å²) >= 11 is 8.98. The molecule has 0 aliphatic rings. The lowest BCUT2D eigenvalue weighted by Crippen LogP contribution is -2.38. The van der Waals surface area contributed by atoms with Crippen LogP contribution in [0.1, 0.15) is 43.1 Å². The van der Waals surface area contributed by atoms with Crippen LogP contribution in [0.25, 0.3) is 0 Å². The minimum atomic E-state index is -5.17. The number of benzene rings is 2. The second-order valence-corrected chi connectivity index (χ2v) is 11.7. The lowest BCUT2D eigenvalue weighted by molar-refractivity contribution is -0.167. The van der Waals surface area contributed by atoms with Crippen molar-refractivity contribution in [2.45, 2.75) is 45.4 Å². The fourth-order valence-corrected chi connectivity index (χ4v) is 4.51. The van der Waals surface area contributed by atoms with E-state index in [1.807, 2.05) is 0 Å². The van der Waals surface area contributed by atoms with Gasteiger partial charge in [-0.05, 0) is 91.5 Å². The van der Waals surface area contributed by atoms with Crippen LogP contribution >= 0.6 is 27.5 Å². The first-order chi connectivity index (χ1) is 20.9. The number of carbonyl (C=O) groups excluding carboxylic acids is 3. The molecule has 0 aliphatic carbocycles. The van der Waals surface area contributed by atoms with E-state index >= 15 is 0 Å². The molecule has 3 rings (SSSR count). The Labute approximate surface area is 268 Å². The van der Waals surface area contributed by atoms with Gasteiger partial charge in [-0.25, -0.2) is 13.6 Å². The summed E-state index contributed by atoms with van der Waals surface area (Å²) in [5.74, 6) is -4.59. The summed E-state index contributed by atoms with van der Waals surface area (Å²) in [6.07, 6.45) is -6.18. The number of carbonyl (C=O) groups is 3. The zero-order chi connectivity index (χ0) is 33.7. The molecule has 0 unspecified atom stereocenters. The van der Waals surface area contributed by atoms with Crippen LogP contribution in [0.2, 0.25) is 5.02 Å². The van der Waals surface area contributed by atoms with Gasteiger partial charge in [0.1, 0.15) is 17.2 Å². The zero-order valence-corrected chi connectivity index (χ0v) is 26.6. The predicted octanol–water partition coefficient (Wildman–Crippen LogP) is 7.91. The monoisotopic (exact) mass is 720 g/mol. The Morgan fingerprint density at radius 2 is 1.67 bits per heavy atom. The molecule has 242 valence electrons. The van der Waals surface area contributed by atoms with Crippen LogP contribution in [0.4, 0.5) is 43.9 Å². The molecule has 0 bridgehead atoms. The van der Waals surface area contributed by atoms with Crippen LogP contribution < -0.4 is 20.3 Å². The molecule has 0 atom stereocenters. The van der Waals surface area contributed by atoms with Gasteiger partial charge >= 0.3 is 18.2 Å². The third-order valence-corrected chi connectivity index (χ3v) is 6.78. The first kappa shape index (κ1) is 35.5. The molecule has 0 radical (unpaired) electrons. The molecule has 2 aromatic carbocycles. The van der Waals surface area contributed by atoms with Gasteiger partial charge in [0.15, 0.2) is 5.82 Å². The van der Waals surface area contributed by atoms with Crippen LogP contribution in [0.15, 0.2) is 46.9 Å². The zero-order valence-electron chi connectivity index (χ0n) is 24.2. The number of anilines is 3.